The number of nitrogens with zero attached hydrogens (tertiary/aromatic N) is 1. The van der Waals surface area contributed by atoms with Crippen molar-refractivity contribution in [3.63, 3.8) is 0 Å². The lowest BCUT2D eigenvalue weighted by Crippen LogP contribution is -2.05. The molecule has 19 heavy (non-hydrogen) atoms. The van der Waals surface area contributed by atoms with Gasteiger partial charge in [0.2, 0.25) is 0 Å². The molecule has 0 aliphatic heterocycles. The fraction of sp³-hybridized carbons (Fsp3) is 0.250. The first-order valence-corrected chi connectivity index (χ1v) is 6.17. The Morgan fingerprint density at radius 2 is 1.89 bits per heavy atom. The predicted octanol–water partition coefficient (Wildman–Crippen LogP) is 1.76. The quantitative estimate of drug-likeness (QED) is 0.843. The van der Waals surface area contributed by atoms with Crippen LogP contribution >= 0.6 is 11.3 Å². The Morgan fingerprint density at radius 3 is 2.47 bits per heavy atom. The van der Waals surface area contributed by atoms with Crippen LogP contribution in [0, 0.1) is 6.92 Å². The van der Waals surface area contributed by atoms with Crippen LogP contribution in [-0.2, 0) is 9.47 Å². The van der Waals surface area contributed by atoms with Crippen LogP contribution in [0.15, 0.2) is 6.07 Å². The van der Waals surface area contributed by atoms with Crippen molar-refractivity contribution < 1.29 is 19.1 Å². The lowest BCUT2D eigenvalue weighted by Gasteiger charge is -2.03. The minimum absolute atomic E-state index is 0.194. The van der Waals surface area contributed by atoms with E-state index in [1.807, 2.05) is 0 Å². The van der Waals surface area contributed by atoms with E-state index in [0.29, 0.717) is 21.5 Å². The summed E-state index contributed by atoms with van der Waals surface area (Å²) in [5.74, 6) is -1.06. The molecular weight excluding hydrogens is 268 g/mol. The van der Waals surface area contributed by atoms with E-state index >= 15 is 0 Å². The smallest absolute Gasteiger partial charge is 0.350 e. The summed E-state index contributed by atoms with van der Waals surface area (Å²) in [6.07, 6.45) is 0. The Bertz CT molecular complexity index is 678. The molecular formula is C12H12N2O4S. The summed E-state index contributed by atoms with van der Waals surface area (Å²) < 4.78 is 9.37. The van der Waals surface area contributed by atoms with E-state index in [1.165, 1.54) is 14.2 Å². The van der Waals surface area contributed by atoms with Crippen molar-refractivity contribution in [2.45, 2.75) is 6.92 Å². The van der Waals surface area contributed by atoms with Crippen LogP contribution in [0.2, 0.25) is 0 Å². The number of thiophene rings is 1. The first kappa shape index (κ1) is 13.3. The van der Waals surface area contributed by atoms with Crippen LogP contribution in [0.25, 0.3) is 10.2 Å². The maximum atomic E-state index is 11.8. The van der Waals surface area contributed by atoms with E-state index in [0.717, 1.165) is 11.3 Å². The van der Waals surface area contributed by atoms with Gasteiger partial charge in [0.05, 0.1) is 25.5 Å². The average Bonchev–Trinajstić information content (AvgIpc) is 2.73. The molecule has 2 N–H and O–H groups in total. The van der Waals surface area contributed by atoms with E-state index in [4.69, 9.17) is 10.5 Å². The van der Waals surface area contributed by atoms with E-state index < -0.39 is 11.9 Å². The number of fused-ring (bicyclic) bond motifs is 1. The molecule has 0 aliphatic carbocycles. The molecule has 0 unspecified atom stereocenters. The fourth-order valence-corrected chi connectivity index (χ4v) is 2.84. The predicted molar refractivity (Wildman–Crippen MR) is 71.4 cm³/mol. The molecule has 6 nitrogen and oxygen atoms in total. The molecule has 0 spiro atoms. The number of methoxy groups -OCH3 is 2. The van der Waals surface area contributed by atoms with Gasteiger partial charge in [-0.3, -0.25) is 0 Å². The summed E-state index contributed by atoms with van der Waals surface area (Å²) in [5.41, 5.74) is 7.06. The van der Waals surface area contributed by atoms with Gasteiger partial charge in [0.1, 0.15) is 9.71 Å². The standard InChI is InChI=1S/C12H12N2O4S/c1-5-4-6(11(15)17-2)7-8(13)9(12(16)18-3)19-10(7)14-5/h4H,13H2,1-3H3. The van der Waals surface area contributed by atoms with E-state index in [1.54, 1.807) is 13.0 Å². The highest BCUT2D eigenvalue weighted by Gasteiger charge is 2.23. The van der Waals surface area contributed by atoms with Crippen molar-refractivity contribution in [2.75, 3.05) is 20.0 Å². The Balaban J connectivity index is 2.80. The summed E-state index contributed by atoms with van der Waals surface area (Å²) in [5, 5.41) is 0.433. The van der Waals surface area contributed by atoms with Gasteiger partial charge < -0.3 is 15.2 Å². The minimum Gasteiger partial charge on any atom is -0.465 e. The third-order valence-corrected chi connectivity index (χ3v) is 3.68. The molecule has 2 aromatic rings. The van der Waals surface area contributed by atoms with E-state index in [2.05, 4.69) is 9.72 Å². The van der Waals surface area contributed by atoms with Crippen molar-refractivity contribution in [1.29, 1.82) is 0 Å². The van der Waals surface area contributed by atoms with E-state index in [9.17, 15) is 9.59 Å². The number of hydrogen-bond donors (Lipinski definition) is 1. The Hall–Kier alpha value is -2.15. The molecule has 7 heteroatoms. The highest BCUT2D eigenvalue weighted by atomic mass is 32.1. The van der Waals surface area contributed by atoms with Crippen LogP contribution in [0.5, 0.6) is 0 Å². The van der Waals surface area contributed by atoms with Crippen molar-refractivity contribution >= 4 is 39.2 Å². The molecule has 0 atom stereocenters. The fourth-order valence-electron chi connectivity index (χ4n) is 1.76. The Morgan fingerprint density at radius 1 is 1.26 bits per heavy atom. The summed E-state index contributed by atoms with van der Waals surface area (Å²) >= 11 is 1.09. The summed E-state index contributed by atoms with van der Waals surface area (Å²) in [6.45, 7) is 1.75. The molecule has 0 aromatic carbocycles. The molecule has 0 bridgehead atoms. The van der Waals surface area contributed by atoms with Gasteiger partial charge in [-0.15, -0.1) is 11.3 Å². The van der Waals surface area contributed by atoms with Crippen LogP contribution in [-0.4, -0.2) is 31.1 Å². The lowest BCUT2D eigenvalue weighted by molar-refractivity contribution is 0.0594. The maximum Gasteiger partial charge on any atom is 0.350 e. The molecule has 0 amide bonds. The molecule has 2 aromatic heterocycles. The van der Waals surface area contributed by atoms with Crippen LogP contribution in [0.3, 0.4) is 0 Å². The summed E-state index contributed by atoms with van der Waals surface area (Å²) in [6, 6.07) is 1.58. The number of carbonyl (C=O) groups excluding carboxylic acids is 2. The Kier molecular flexibility index (Phi) is 3.39. The number of hydrogen-bond acceptors (Lipinski definition) is 7. The highest BCUT2D eigenvalue weighted by molar-refractivity contribution is 7.21. The molecule has 0 fully saturated rings. The zero-order valence-corrected chi connectivity index (χ0v) is 11.5. The normalized spacial score (nSPS) is 10.5. The van der Waals surface area contributed by atoms with Gasteiger partial charge in [-0.1, -0.05) is 0 Å². The molecule has 2 heterocycles. The lowest BCUT2D eigenvalue weighted by atomic mass is 10.1. The van der Waals surface area contributed by atoms with Gasteiger partial charge in [0, 0.05) is 11.1 Å². The largest absolute Gasteiger partial charge is 0.465 e. The number of anilines is 1. The molecule has 100 valence electrons. The van der Waals surface area contributed by atoms with E-state index in [-0.39, 0.29) is 10.6 Å². The second kappa shape index (κ2) is 4.85. The Labute approximate surface area is 113 Å². The number of nitrogens with two attached hydrogens (primary N) is 1. The zero-order chi connectivity index (χ0) is 14.2. The molecule has 0 saturated carbocycles. The zero-order valence-electron chi connectivity index (χ0n) is 10.6. The van der Waals surface area contributed by atoms with Gasteiger partial charge in [-0.2, -0.15) is 0 Å². The molecule has 0 saturated heterocycles. The number of ether oxygens (including phenoxy) is 2. The minimum atomic E-state index is -0.547. The van der Waals surface area contributed by atoms with Gasteiger partial charge in [0.25, 0.3) is 0 Å². The number of rotatable bonds is 2. The second-order valence-electron chi connectivity index (χ2n) is 3.82. The number of carbonyl (C=O) groups is 2. The van der Waals surface area contributed by atoms with Crippen molar-refractivity contribution in [3.8, 4) is 0 Å². The third-order valence-electron chi connectivity index (χ3n) is 2.60. The van der Waals surface area contributed by atoms with Crippen LogP contribution < -0.4 is 5.73 Å². The monoisotopic (exact) mass is 280 g/mol. The second-order valence-corrected chi connectivity index (χ2v) is 4.82. The number of esters is 2. The van der Waals surface area contributed by atoms with Crippen molar-refractivity contribution in [3.05, 3.63) is 22.2 Å². The first-order chi connectivity index (χ1) is 8.99. The third kappa shape index (κ3) is 2.12. The number of nitrogen functional groups attached to an aromatic ring is 1. The average molecular weight is 280 g/mol. The number of pyridine rings is 1. The van der Waals surface area contributed by atoms with Crippen molar-refractivity contribution in [2.24, 2.45) is 0 Å². The van der Waals surface area contributed by atoms with Crippen LogP contribution in [0.4, 0.5) is 5.69 Å². The van der Waals surface area contributed by atoms with Crippen LogP contribution in [0.1, 0.15) is 25.7 Å². The number of aromatic nitrogens is 1. The molecule has 0 aliphatic rings. The van der Waals surface area contributed by atoms with Gasteiger partial charge in [0.15, 0.2) is 0 Å². The van der Waals surface area contributed by atoms with Gasteiger partial charge in [-0.25, -0.2) is 14.6 Å². The molecule has 2 rings (SSSR count). The highest BCUT2D eigenvalue weighted by Crippen LogP contribution is 2.35. The number of aryl methyl sites for hydroxylation is 1. The summed E-state index contributed by atoms with van der Waals surface area (Å²) in [7, 11) is 2.56. The maximum absolute atomic E-state index is 11.8. The van der Waals surface area contributed by atoms with Gasteiger partial charge >= 0.3 is 11.9 Å². The first-order valence-electron chi connectivity index (χ1n) is 5.35. The van der Waals surface area contributed by atoms with Crippen molar-refractivity contribution in [1.82, 2.24) is 4.98 Å². The molecule has 0 radical (unpaired) electrons. The van der Waals surface area contributed by atoms with Gasteiger partial charge in [-0.05, 0) is 13.0 Å². The summed E-state index contributed by atoms with van der Waals surface area (Å²) in [4.78, 5) is 28.4. The SMILES string of the molecule is COC(=O)c1sc2nc(C)cc(C(=O)OC)c2c1N. The topological polar surface area (TPSA) is 91.5 Å².